The lowest BCUT2D eigenvalue weighted by molar-refractivity contribution is -0.800. The van der Waals surface area contributed by atoms with Crippen LogP contribution in [0, 0.1) is 0 Å². The molecule has 0 fully saturated rings. The molecule has 0 aliphatic carbocycles. The second kappa shape index (κ2) is 4.01. The van der Waals surface area contributed by atoms with E-state index in [-0.39, 0.29) is 5.69 Å². The third-order valence-electron chi connectivity index (χ3n) is 2.75. The van der Waals surface area contributed by atoms with Crippen LogP contribution in [0.3, 0.4) is 0 Å². The first-order chi connectivity index (χ1) is 8.32. The Balaban J connectivity index is 2.70. The third-order valence-corrected chi connectivity index (χ3v) is 2.75. The van der Waals surface area contributed by atoms with E-state index in [1.807, 2.05) is 0 Å². The lowest BCUT2D eigenvalue weighted by Crippen LogP contribution is -2.50. The molecule has 2 aromatic heterocycles. The van der Waals surface area contributed by atoms with Gasteiger partial charge >= 0.3 is 6.18 Å². The summed E-state index contributed by atoms with van der Waals surface area (Å²) in [7, 11) is 0. The van der Waals surface area contributed by atoms with E-state index in [2.05, 4.69) is 0 Å². The van der Waals surface area contributed by atoms with Crippen molar-refractivity contribution in [3.63, 3.8) is 0 Å². The molecule has 96 valence electrons. The molecular weight excluding hydrogens is 247 g/mol. The van der Waals surface area contributed by atoms with E-state index in [1.165, 1.54) is 22.8 Å². The van der Waals surface area contributed by atoms with Gasteiger partial charge in [-0.1, -0.05) is 10.7 Å². The molecule has 4 nitrogen and oxygen atoms in total. The van der Waals surface area contributed by atoms with Gasteiger partial charge in [0.05, 0.1) is 0 Å². The van der Waals surface area contributed by atoms with Gasteiger partial charge in [-0.2, -0.15) is 13.2 Å². The molecule has 0 aromatic carbocycles. The molecule has 0 saturated heterocycles. The number of hydrogen-bond donors (Lipinski definition) is 1. The van der Waals surface area contributed by atoms with Crippen molar-refractivity contribution >= 4 is 11.4 Å². The predicted molar refractivity (Wildman–Crippen MR) is 56.9 cm³/mol. The van der Waals surface area contributed by atoms with Gasteiger partial charge in [0, 0.05) is 13.0 Å². The average molecular weight is 258 g/mol. The monoisotopic (exact) mass is 258 g/mol. The summed E-state index contributed by atoms with van der Waals surface area (Å²) < 4.78 is 40.3. The van der Waals surface area contributed by atoms with Crippen LogP contribution in [0.1, 0.15) is 23.5 Å². The Bertz CT molecular complexity index is 603. The number of amides is 1. The fourth-order valence-electron chi connectivity index (χ4n) is 1.76. The Hall–Kier alpha value is -2.05. The molecule has 0 saturated carbocycles. The van der Waals surface area contributed by atoms with Crippen LogP contribution in [0.4, 0.5) is 13.2 Å². The van der Waals surface area contributed by atoms with Crippen LogP contribution in [0.15, 0.2) is 30.5 Å². The number of pyridine rings is 1. The highest BCUT2D eigenvalue weighted by Gasteiger charge is 2.45. The normalized spacial score (nSPS) is 13.8. The smallest absolute Gasteiger partial charge is 0.364 e. The van der Waals surface area contributed by atoms with Gasteiger partial charge in [0.15, 0.2) is 11.9 Å². The largest absolute Gasteiger partial charge is 0.453 e. The van der Waals surface area contributed by atoms with Gasteiger partial charge in [-0.25, -0.2) is 0 Å². The minimum atomic E-state index is -4.40. The van der Waals surface area contributed by atoms with Crippen LogP contribution in [0.5, 0.6) is 0 Å². The van der Waals surface area contributed by atoms with Gasteiger partial charge in [-0.3, -0.25) is 4.79 Å². The molecule has 2 heterocycles. The van der Waals surface area contributed by atoms with Gasteiger partial charge in [0.1, 0.15) is 5.52 Å². The summed E-state index contributed by atoms with van der Waals surface area (Å²) in [4.78, 5) is 11.2. The van der Waals surface area contributed by atoms with Gasteiger partial charge in [-0.05, 0) is 12.1 Å². The molecule has 2 N–H and O–H groups in total. The molecule has 1 amide bonds. The Labute approximate surface area is 100 Å². The van der Waals surface area contributed by atoms with Crippen LogP contribution < -0.4 is 10.4 Å². The van der Waals surface area contributed by atoms with Gasteiger partial charge in [0.25, 0.3) is 11.9 Å². The highest BCUT2D eigenvalue weighted by Crippen LogP contribution is 2.26. The second-order valence-corrected chi connectivity index (χ2v) is 3.93. The maximum atomic E-state index is 12.7. The Morgan fingerprint density at radius 3 is 2.61 bits per heavy atom. The number of carbonyl (C=O) groups is 1. The lowest BCUT2D eigenvalue weighted by atomic mass is 10.3. The topological polar surface area (TPSA) is 51.4 Å². The fourth-order valence-corrected chi connectivity index (χ4v) is 1.76. The maximum absolute atomic E-state index is 12.7. The number of hydrogen-bond acceptors (Lipinski definition) is 1. The maximum Gasteiger partial charge on any atom is 0.453 e. The van der Waals surface area contributed by atoms with Gasteiger partial charge in [-0.15, -0.1) is 4.52 Å². The summed E-state index contributed by atoms with van der Waals surface area (Å²) >= 11 is 0. The first-order valence-corrected chi connectivity index (χ1v) is 5.21. The fraction of sp³-hybridized carbons (Fsp3) is 0.273. The molecule has 0 spiro atoms. The SMILES string of the molecule is CC([n+]1ccc2cccc(C(N)=O)n21)C(F)(F)F. The van der Waals surface area contributed by atoms with Crippen molar-refractivity contribution in [2.24, 2.45) is 5.73 Å². The van der Waals surface area contributed by atoms with E-state index < -0.39 is 18.1 Å². The summed E-state index contributed by atoms with van der Waals surface area (Å²) in [6.07, 6.45) is -3.12. The summed E-state index contributed by atoms with van der Waals surface area (Å²) in [6, 6.07) is 4.30. The van der Waals surface area contributed by atoms with Gasteiger partial charge < -0.3 is 5.73 Å². The number of aromatic nitrogens is 2. The standard InChI is InChI=1S/C11H10F3N3O/c1-7(11(12,13)14)16-6-5-8-3-2-4-9(10(15)18)17(8)16/h2-7H,1H3,(H-,15,18)/p+1. The zero-order valence-corrected chi connectivity index (χ0v) is 9.48. The number of rotatable bonds is 2. The van der Waals surface area contributed by atoms with Crippen molar-refractivity contribution < 1.29 is 22.6 Å². The molecule has 7 heteroatoms. The third kappa shape index (κ3) is 1.92. The molecule has 18 heavy (non-hydrogen) atoms. The minimum Gasteiger partial charge on any atom is -0.364 e. The van der Waals surface area contributed by atoms with Crippen molar-refractivity contribution in [3.05, 3.63) is 36.2 Å². The van der Waals surface area contributed by atoms with Crippen LogP contribution in [0.2, 0.25) is 0 Å². The molecular formula is C11H11F3N3O+. The second-order valence-electron chi connectivity index (χ2n) is 3.93. The van der Waals surface area contributed by atoms with Crippen LogP contribution >= 0.6 is 0 Å². The van der Waals surface area contributed by atoms with Crippen LogP contribution in [-0.2, 0) is 0 Å². The quantitative estimate of drug-likeness (QED) is 0.814. The molecule has 1 atom stereocenters. The van der Waals surface area contributed by atoms with Crippen LogP contribution in [0.25, 0.3) is 5.52 Å². The zero-order chi connectivity index (χ0) is 13.5. The van der Waals surface area contributed by atoms with Crippen molar-refractivity contribution in [3.8, 4) is 0 Å². The Morgan fingerprint density at radius 1 is 1.39 bits per heavy atom. The highest BCUT2D eigenvalue weighted by atomic mass is 19.4. The molecule has 1 unspecified atom stereocenters. The molecule has 0 aliphatic rings. The van der Waals surface area contributed by atoms with Crippen LogP contribution in [-0.4, -0.2) is 16.6 Å². The van der Waals surface area contributed by atoms with E-state index in [4.69, 9.17) is 5.73 Å². The Kier molecular flexibility index (Phi) is 2.76. The summed E-state index contributed by atoms with van der Waals surface area (Å²) in [5.41, 5.74) is 5.65. The van der Waals surface area contributed by atoms with E-state index in [0.717, 1.165) is 11.6 Å². The average Bonchev–Trinajstić information content (AvgIpc) is 2.69. The zero-order valence-electron chi connectivity index (χ0n) is 9.48. The molecule has 2 aromatic rings. The van der Waals surface area contributed by atoms with Gasteiger partial charge in [0.2, 0.25) is 0 Å². The summed E-state index contributed by atoms with van der Waals surface area (Å²) in [5, 5.41) is 0. The molecule has 0 aliphatic heterocycles. The van der Waals surface area contributed by atoms with Crippen molar-refractivity contribution in [2.45, 2.75) is 19.1 Å². The van der Waals surface area contributed by atoms with E-state index >= 15 is 0 Å². The number of carbonyl (C=O) groups excluding carboxylic acids is 1. The van der Waals surface area contributed by atoms with Crippen molar-refractivity contribution in [1.82, 2.24) is 4.52 Å². The number of halogens is 3. The number of primary amides is 1. The van der Waals surface area contributed by atoms with Crippen molar-refractivity contribution in [2.75, 3.05) is 0 Å². The minimum absolute atomic E-state index is 0.00796. The number of nitrogens with two attached hydrogens (primary N) is 1. The first-order valence-electron chi connectivity index (χ1n) is 5.21. The summed E-state index contributed by atoms with van der Waals surface area (Å²) in [6.45, 7) is 1.02. The number of nitrogens with zero attached hydrogens (tertiary/aromatic N) is 2. The lowest BCUT2D eigenvalue weighted by Gasteiger charge is -2.11. The number of alkyl halides is 3. The molecule has 0 bridgehead atoms. The molecule has 0 radical (unpaired) electrons. The first kappa shape index (κ1) is 12.4. The van der Waals surface area contributed by atoms with E-state index in [1.54, 1.807) is 12.1 Å². The van der Waals surface area contributed by atoms with E-state index in [9.17, 15) is 18.0 Å². The summed E-state index contributed by atoms with van der Waals surface area (Å²) in [5.74, 6) is -0.778. The van der Waals surface area contributed by atoms with E-state index in [0.29, 0.717) is 5.52 Å². The highest BCUT2D eigenvalue weighted by molar-refractivity contribution is 5.91. The predicted octanol–water partition coefficient (Wildman–Crippen LogP) is 1.45. The number of fused-ring (bicyclic) bond motifs is 1. The molecule has 2 rings (SSSR count). The van der Waals surface area contributed by atoms with Crippen molar-refractivity contribution in [1.29, 1.82) is 0 Å². The Morgan fingerprint density at radius 2 is 2.06 bits per heavy atom.